The van der Waals surface area contributed by atoms with Gasteiger partial charge in [0.2, 0.25) is 5.95 Å². The van der Waals surface area contributed by atoms with Crippen LogP contribution in [0.5, 0.6) is 0 Å². The molecule has 1 aromatic carbocycles. The summed E-state index contributed by atoms with van der Waals surface area (Å²) in [6.45, 7) is 11.2. The molecular formula is C22H29ClN6. The molecule has 0 radical (unpaired) electrons. The third kappa shape index (κ3) is 4.63. The Morgan fingerprint density at radius 2 is 1.86 bits per heavy atom. The van der Waals surface area contributed by atoms with E-state index < -0.39 is 0 Å². The van der Waals surface area contributed by atoms with E-state index in [1.807, 2.05) is 13.1 Å². The van der Waals surface area contributed by atoms with Gasteiger partial charge in [-0.25, -0.2) is 4.98 Å². The van der Waals surface area contributed by atoms with Crippen LogP contribution in [0.2, 0.25) is 5.02 Å². The van der Waals surface area contributed by atoms with Crippen LogP contribution >= 0.6 is 11.6 Å². The molecule has 1 saturated heterocycles. The van der Waals surface area contributed by atoms with E-state index >= 15 is 0 Å². The van der Waals surface area contributed by atoms with Gasteiger partial charge in [-0.3, -0.25) is 4.90 Å². The fourth-order valence-electron chi connectivity index (χ4n) is 4.13. The van der Waals surface area contributed by atoms with Crippen LogP contribution in [-0.4, -0.2) is 39.0 Å². The molecule has 0 unspecified atom stereocenters. The Morgan fingerprint density at radius 3 is 2.45 bits per heavy atom. The minimum atomic E-state index is 0.0979. The average molecular weight is 413 g/mol. The first-order chi connectivity index (χ1) is 13.5. The van der Waals surface area contributed by atoms with Crippen molar-refractivity contribution >= 4 is 29.1 Å². The van der Waals surface area contributed by atoms with E-state index in [4.69, 9.17) is 21.8 Å². The maximum atomic E-state index is 9.02. The van der Waals surface area contributed by atoms with Gasteiger partial charge in [0.05, 0.1) is 10.6 Å². The van der Waals surface area contributed by atoms with Crippen molar-refractivity contribution < 1.29 is 0 Å². The molecule has 0 spiro atoms. The summed E-state index contributed by atoms with van der Waals surface area (Å²) in [5.74, 6) is 1.33. The van der Waals surface area contributed by atoms with E-state index in [-0.39, 0.29) is 11.1 Å². The van der Waals surface area contributed by atoms with E-state index in [2.05, 4.69) is 61.3 Å². The molecule has 1 aliphatic rings. The molecule has 2 N–H and O–H groups in total. The summed E-state index contributed by atoms with van der Waals surface area (Å²) in [4.78, 5) is 11.5. The Labute approximate surface area is 178 Å². The highest BCUT2D eigenvalue weighted by molar-refractivity contribution is 6.32. The lowest BCUT2D eigenvalue weighted by Gasteiger charge is -2.53. The Morgan fingerprint density at radius 1 is 1.21 bits per heavy atom. The standard InChI is InChI=1S/C22H29ClN6/c1-14-13-25-20(27-16-8-7-15(12-24)18(23)9-16)28-19(14)26-17-10-21(2,3)29(6)22(4,5)11-17/h7-9,13,17H,10-11H2,1-6H3,(H2,25,26,27,28). The number of aryl methyl sites for hydroxylation is 1. The van der Waals surface area contributed by atoms with Crippen molar-refractivity contribution in [2.75, 3.05) is 17.7 Å². The molecular weight excluding hydrogens is 384 g/mol. The lowest BCUT2D eigenvalue weighted by Crippen LogP contribution is -2.61. The van der Waals surface area contributed by atoms with Crippen molar-refractivity contribution in [3.63, 3.8) is 0 Å². The second-order valence-corrected chi connectivity index (χ2v) is 9.50. The molecule has 2 aromatic rings. The van der Waals surface area contributed by atoms with Gasteiger partial charge in [-0.15, -0.1) is 0 Å². The van der Waals surface area contributed by atoms with Gasteiger partial charge in [-0.05, 0) is 72.7 Å². The van der Waals surface area contributed by atoms with Crippen LogP contribution in [0, 0.1) is 18.3 Å². The van der Waals surface area contributed by atoms with E-state index in [1.165, 1.54) is 0 Å². The van der Waals surface area contributed by atoms with E-state index in [0.717, 1.165) is 29.9 Å². The highest BCUT2D eigenvalue weighted by Crippen LogP contribution is 2.38. The molecule has 154 valence electrons. The number of aromatic nitrogens is 2. The maximum Gasteiger partial charge on any atom is 0.229 e. The topological polar surface area (TPSA) is 76.9 Å². The summed E-state index contributed by atoms with van der Waals surface area (Å²) in [6.07, 6.45) is 3.88. The average Bonchev–Trinajstić information content (AvgIpc) is 2.62. The number of nitrogens with zero attached hydrogens (tertiary/aromatic N) is 4. The molecule has 29 heavy (non-hydrogen) atoms. The van der Waals surface area contributed by atoms with E-state index in [1.54, 1.807) is 18.2 Å². The molecule has 0 atom stereocenters. The number of benzene rings is 1. The van der Waals surface area contributed by atoms with Crippen LogP contribution in [0.15, 0.2) is 24.4 Å². The van der Waals surface area contributed by atoms with Gasteiger partial charge < -0.3 is 10.6 Å². The zero-order valence-corrected chi connectivity index (χ0v) is 18.7. The van der Waals surface area contributed by atoms with Crippen molar-refractivity contribution in [2.45, 2.75) is 64.6 Å². The molecule has 1 aliphatic heterocycles. The van der Waals surface area contributed by atoms with Crippen molar-refractivity contribution in [1.82, 2.24) is 14.9 Å². The highest BCUT2D eigenvalue weighted by atomic mass is 35.5. The monoisotopic (exact) mass is 412 g/mol. The number of piperidine rings is 1. The van der Waals surface area contributed by atoms with Gasteiger partial charge in [0.25, 0.3) is 0 Å². The summed E-state index contributed by atoms with van der Waals surface area (Å²) >= 11 is 6.13. The fraction of sp³-hybridized carbons (Fsp3) is 0.500. The fourth-order valence-corrected chi connectivity index (χ4v) is 4.35. The number of nitrogens with one attached hydrogen (secondary N) is 2. The molecule has 1 fully saturated rings. The number of hydrogen-bond acceptors (Lipinski definition) is 6. The number of anilines is 3. The van der Waals surface area contributed by atoms with E-state index in [0.29, 0.717) is 22.6 Å². The quantitative estimate of drug-likeness (QED) is 0.725. The van der Waals surface area contributed by atoms with Crippen LogP contribution in [0.3, 0.4) is 0 Å². The molecule has 0 aliphatic carbocycles. The molecule has 0 saturated carbocycles. The summed E-state index contributed by atoms with van der Waals surface area (Å²) in [7, 11) is 2.21. The SMILES string of the molecule is Cc1cnc(Nc2ccc(C#N)c(Cl)c2)nc1NC1CC(C)(C)N(C)C(C)(C)C1. The van der Waals surface area contributed by atoms with E-state index in [9.17, 15) is 0 Å². The number of nitriles is 1. The first-order valence-electron chi connectivity index (χ1n) is 9.83. The summed E-state index contributed by atoms with van der Waals surface area (Å²) < 4.78 is 0. The molecule has 1 aromatic heterocycles. The maximum absolute atomic E-state index is 9.02. The predicted molar refractivity (Wildman–Crippen MR) is 119 cm³/mol. The van der Waals surface area contributed by atoms with Gasteiger partial charge in [-0.1, -0.05) is 11.6 Å². The van der Waals surface area contributed by atoms with Crippen molar-refractivity contribution in [3.05, 3.63) is 40.5 Å². The van der Waals surface area contributed by atoms with Gasteiger partial charge in [0.1, 0.15) is 11.9 Å². The minimum absolute atomic E-state index is 0.0979. The van der Waals surface area contributed by atoms with Gasteiger partial charge in [0.15, 0.2) is 0 Å². The smallest absolute Gasteiger partial charge is 0.229 e. The van der Waals surface area contributed by atoms with Crippen LogP contribution in [-0.2, 0) is 0 Å². The molecule has 0 bridgehead atoms. The second-order valence-electron chi connectivity index (χ2n) is 9.09. The molecule has 2 heterocycles. The highest BCUT2D eigenvalue weighted by Gasteiger charge is 2.43. The Kier molecular flexibility index (Phi) is 5.75. The summed E-state index contributed by atoms with van der Waals surface area (Å²) in [5.41, 5.74) is 2.38. The number of rotatable bonds is 4. The summed E-state index contributed by atoms with van der Waals surface area (Å²) in [5, 5.41) is 16.2. The lowest BCUT2D eigenvalue weighted by atomic mass is 9.77. The van der Waals surface area contributed by atoms with Crippen LogP contribution < -0.4 is 10.6 Å². The van der Waals surface area contributed by atoms with Gasteiger partial charge in [-0.2, -0.15) is 10.2 Å². The number of hydrogen-bond donors (Lipinski definition) is 2. The molecule has 0 amide bonds. The third-order valence-corrected chi connectivity index (χ3v) is 6.28. The first kappa shape index (κ1) is 21.4. The molecule has 7 heteroatoms. The lowest BCUT2D eigenvalue weighted by molar-refractivity contribution is -0.00773. The van der Waals surface area contributed by atoms with Crippen LogP contribution in [0.1, 0.15) is 51.7 Å². The first-order valence-corrected chi connectivity index (χ1v) is 10.2. The number of likely N-dealkylation sites (tertiary alicyclic amines) is 1. The van der Waals surface area contributed by atoms with Crippen molar-refractivity contribution in [1.29, 1.82) is 5.26 Å². The van der Waals surface area contributed by atoms with Crippen LogP contribution in [0.25, 0.3) is 0 Å². The van der Waals surface area contributed by atoms with Gasteiger partial charge in [0, 0.05) is 34.6 Å². The third-order valence-electron chi connectivity index (χ3n) is 5.97. The normalized spacial score (nSPS) is 18.8. The largest absolute Gasteiger partial charge is 0.367 e. The molecule has 6 nitrogen and oxygen atoms in total. The Balaban J connectivity index is 1.79. The Hall–Kier alpha value is -2.36. The predicted octanol–water partition coefficient (Wildman–Crippen LogP) is 5.12. The minimum Gasteiger partial charge on any atom is -0.367 e. The zero-order valence-electron chi connectivity index (χ0n) is 18.0. The number of halogens is 1. The van der Waals surface area contributed by atoms with Crippen molar-refractivity contribution in [3.8, 4) is 6.07 Å². The van der Waals surface area contributed by atoms with Crippen LogP contribution in [0.4, 0.5) is 17.5 Å². The Bertz CT molecular complexity index is 929. The second kappa shape index (κ2) is 7.81. The van der Waals surface area contributed by atoms with Gasteiger partial charge >= 0.3 is 0 Å². The van der Waals surface area contributed by atoms with Crippen molar-refractivity contribution in [2.24, 2.45) is 0 Å². The molecule has 3 rings (SSSR count). The summed E-state index contributed by atoms with van der Waals surface area (Å²) in [6, 6.07) is 7.56. The zero-order chi connectivity index (χ0) is 21.4.